The molecular formula is C15H22N6S. The molecule has 0 amide bonds. The maximum Gasteiger partial charge on any atom is 0.151 e. The lowest BCUT2D eigenvalue weighted by molar-refractivity contribution is 0.452. The number of thioether (sulfide) groups is 1. The van der Waals surface area contributed by atoms with Crippen molar-refractivity contribution in [2.45, 2.75) is 43.7 Å². The van der Waals surface area contributed by atoms with Crippen LogP contribution in [0, 0.1) is 0 Å². The molecule has 2 aromatic rings. The molecule has 0 spiro atoms. The van der Waals surface area contributed by atoms with E-state index < -0.39 is 0 Å². The quantitative estimate of drug-likeness (QED) is 0.808. The number of anilines is 1. The smallest absolute Gasteiger partial charge is 0.151 e. The van der Waals surface area contributed by atoms with Crippen molar-refractivity contribution in [2.75, 3.05) is 24.2 Å². The van der Waals surface area contributed by atoms with Crippen molar-refractivity contribution >= 4 is 17.6 Å². The minimum Gasteiger partial charge on any atom is -0.354 e. The van der Waals surface area contributed by atoms with Gasteiger partial charge in [0.2, 0.25) is 0 Å². The minimum atomic E-state index is 0.390. The normalized spacial score (nSPS) is 18.9. The van der Waals surface area contributed by atoms with Gasteiger partial charge in [0.1, 0.15) is 17.2 Å². The van der Waals surface area contributed by atoms with Crippen LogP contribution in [0.4, 0.5) is 5.82 Å². The van der Waals surface area contributed by atoms with Crippen LogP contribution in [-0.4, -0.2) is 44.3 Å². The Bertz CT molecular complexity index is 609. The van der Waals surface area contributed by atoms with Crippen molar-refractivity contribution in [3.05, 3.63) is 24.3 Å². The van der Waals surface area contributed by atoms with E-state index in [0.717, 1.165) is 42.6 Å². The Hall–Kier alpha value is -1.63. The third-order valence-corrected chi connectivity index (χ3v) is 4.74. The summed E-state index contributed by atoms with van der Waals surface area (Å²) in [5.74, 6) is 2.45. The van der Waals surface area contributed by atoms with E-state index >= 15 is 0 Å². The summed E-state index contributed by atoms with van der Waals surface area (Å²) < 4.78 is 2.18. The topological polar surface area (TPSA) is 59.7 Å². The van der Waals surface area contributed by atoms with Crippen molar-refractivity contribution in [3.8, 4) is 0 Å². The zero-order valence-electron chi connectivity index (χ0n) is 13.3. The summed E-state index contributed by atoms with van der Waals surface area (Å²) in [6.45, 7) is 6.29. The first-order valence-corrected chi connectivity index (χ1v) is 8.93. The summed E-state index contributed by atoms with van der Waals surface area (Å²) in [5.41, 5.74) is 0. The van der Waals surface area contributed by atoms with Crippen LogP contribution in [-0.2, 0) is 0 Å². The molecule has 1 atom stereocenters. The summed E-state index contributed by atoms with van der Waals surface area (Å²) >= 11 is 1.61. The van der Waals surface area contributed by atoms with Gasteiger partial charge in [0.05, 0.1) is 0 Å². The summed E-state index contributed by atoms with van der Waals surface area (Å²) in [7, 11) is 0. The fourth-order valence-electron chi connectivity index (χ4n) is 2.93. The van der Waals surface area contributed by atoms with E-state index in [9.17, 15) is 0 Å². The molecule has 3 rings (SSSR count). The molecule has 1 aliphatic heterocycles. The summed E-state index contributed by atoms with van der Waals surface area (Å²) in [4.78, 5) is 2.31. The standard InChI is InChI=1S/C15H22N6S/c1-11(2)21-10-16-19-15(21)12-5-4-8-20(9-12)13-6-7-14(22-3)18-17-13/h6-7,10-12H,4-5,8-9H2,1-3H3. The van der Waals surface area contributed by atoms with Gasteiger partial charge in [-0.05, 0) is 45.1 Å². The number of piperidine rings is 1. The SMILES string of the molecule is CSc1ccc(N2CCCC(c3nncn3C(C)C)C2)nn1. The van der Waals surface area contributed by atoms with Crippen LogP contribution < -0.4 is 4.90 Å². The van der Waals surface area contributed by atoms with Crippen LogP contribution >= 0.6 is 11.8 Å². The maximum atomic E-state index is 4.36. The van der Waals surface area contributed by atoms with Crippen LogP contribution in [0.3, 0.4) is 0 Å². The Balaban J connectivity index is 1.77. The molecular weight excluding hydrogens is 296 g/mol. The van der Waals surface area contributed by atoms with Crippen molar-refractivity contribution in [1.82, 2.24) is 25.0 Å². The molecule has 0 saturated carbocycles. The number of aromatic nitrogens is 5. The highest BCUT2D eigenvalue weighted by molar-refractivity contribution is 7.98. The molecule has 0 bridgehead atoms. The Labute approximate surface area is 135 Å². The molecule has 1 unspecified atom stereocenters. The first-order chi connectivity index (χ1) is 10.7. The van der Waals surface area contributed by atoms with E-state index in [4.69, 9.17) is 0 Å². The second kappa shape index (κ2) is 6.64. The van der Waals surface area contributed by atoms with Crippen molar-refractivity contribution < 1.29 is 0 Å². The van der Waals surface area contributed by atoms with E-state index in [1.807, 2.05) is 18.6 Å². The van der Waals surface area contributed by atoms with E-state index in [-0.39, 0.29) is 0 Å². The van der Waals surface area contributed by atoms with Crippen LogP contribution in [0.25, 0.3) is 0 Å². The van der Waals surface area contributed by atoms with E-state index in [1.165, 1.54) is 0 Å². The molecule has 6 nitrogen and oxygen atoms in total. The van der Waals surface area contributed by atoms with Gasteiger partial charge in [-0.15, -0.1) is 32.2 Å². The molecule has 1 fully saturated rings. The second-order valence-electron chi connectivity index (χ2n) is 5.91. The van der Waals surface area contributed by atoms with E-state index in [0.29, 0.717) is 12.0 Å². The zero-order chi connectivity index (χ0) is 15.5. The fraction of sp³-hybridized carbons (Fsp3) is 0.600. The predicted molar refractivity (Wildman–Crippen MR) is 88.4 cm³/mol. The van der Waals surface area contributed by atoms with Crippen LogP contribution in [0.1, 0.15) is 44.5 Å². The van der Waals surface area contributed by atoms with Crippen LogP contribution in [0.15, 0.2) is 23.5 Å². The van der Waals surface area contributed by atoms with Gasteiger partial charge in [0.15, 0.2) is 5.82 Å². The van der Waals surface area contributed by atoms with Crippen LogP contribution in [0.2, 0.25) is 0 Å². The van der Waals surface area contributed by atoms with E-state index in [2.05, 4.69) is 49.8 Å². The Morgan fingerprint density at radius 2 is 2.09 bits per heavy atom. The van der Waals surface area contributed by atoms with Crippen molar-refractivity contribution in [2.24, 2.45) is 0 Å². The Morgan fingerprint density at radius 1 is 1.23 bits per heavy atom. The molecule has 3 heterocycles. The van der Waals surface area contributed by atoms with Gasteiger partial charge in [-0.1, -0.05) is 0 Å². The summed E-state index contributed by atoms with van der Waals surface area (Å²) in [6, 6.07) is 4.49. The Morgan fingerprint density at radius 3 is 2.77 bits per heavy atom. The zero-order valence-corrected chi connectivity index (χ0v) is 14.1. The molecule has 1 saturated heterocycles. The monoisotopic (exact) mass is 318 g/mol. The fourth-order valence-corrected chi connectivity index (χ4v) is 3.25. The Kier molecular flexibility index (Phi) is 4.61. The van der Waals surface area contributed by atoms with Crippen molar-refractivity contribution in [1.29, 1.82) is 0 Å². The lowest BCUT2D eigenvalue weighted by atomic mass is 9.97. The average Bonchev–Trinajstić information content (AvgIpc) is 3.05. The lowest BCUT2D eigenvalue weighted by Crippen LogP contribution is -2.36. The molecule has 118 valence electrons. The largest absolute Gasteiger partial charge is 0.354 e. The van der Waals surface area contributed by atoms with Gasteiger partial charge in [-0.3, -0.25) is 0 Å². The highest BCUT2D eigenvalue weighted by Gasteiger charge is 2.26. The average molecular weight is 318 g/mol. The number of hydrogen-bond acceptors (Lipinski definition) is 6. The molecule has 7 heteroatoms. The first-order valence-electron chi connectivity index (χ1n) is 7.71. The predicted octanol–water partition coefficient (Wildman–Crippen LogP) is 2.75. The highest BCUT2D eigenvalue weighted by atomic mass is 32.2. The van der Waals surface area contributed by atoms with Gasteiger partial charge in [0, 0.05) is 25.0 Å². The highest BCUT2D eigenvalue weighted by Crippen LogP contribution is 2.29. The van der Waals surface area contributed by atoms with Crippen molar-refractivity contribution in [3.63, 3.8) is 0 Å². The molecule has 2 aromatic heterocycles. The second-order valence-corrected chi connectivity index (χ2v) is 6.74. The molecule has 22 heavy (non-hydrogen) atoms. The number of rotatable bonds is 4. The number of hydrogen-bond donors (Lipinski definition) is 0. The van der Waals surface area contributed by atoms with E-state index in [1.54, 1.807) is 11.8 Å². The summed E-state index contributed by atoms with van der Waals surface area (Å²) in [5, 5.41) is 18.0. The molecule has 0 aliphatic carbocycles. The van der Waals surface area contributed by atoms with Gasteiger partial charge >= 0.3 is 0 Å². The molecule has 0 aromatic carbocycles. The third kappa shape index (κ3) is 3.09. The maximum absolute atomic E-state index is 4.36. The third-order valence-electron chi connectivity index (χ3n) is 4.10. The summed E-state index contributed by atoms with van der Waals surface area (Å²) in [6.07, 6.45) is 6.14. The van der Waals surface area contributed by atoms with Gasteiger partial charge in [-0.2, -0.15) is 0 Å². The van der Waals surface area contributed by atoms with Gasteiger partial charge in [-0.25, -0.2) is 0 Å². The molecule has 1 aliphatic rings. The van der Waals surface area contributed by atoms with Gasteiger partial charge < -0.3 is 9.47 Å². The lowest BCUT2D eigenvalue weighted by Gasteiger charge is -2.33. The van der Waals surface area contributed by atoms with Gasteiger partial charge in [0.25, 0.3) is 0 Å². The van der Waals surface area contributed by atoms with Crippen LogP contribution in [0.5, 0.6) is 0 Å². The first kappa shape index (κ1) is 15.3. The molecule has 0 N–H and O–H groups in total. The number of nitrogens with zero attached hydrogens (tertiary/aromatic N) is 6. The minimum absolute atomic E-state index is 0.390. The molecule has 0 radical (unpaired) electrons.